The Morgan fingerprint density at radius 2 is 1.74 bits per heavy atom. The molecule has 6 nitrogen and oxygen atoms in total. The zero-order valence-electron chi connectivity index (χ0n) is 18.6. The maximum atomic E-state index is 12.7. The summed E-state index contributed by atoms with van der Waals surface area (Å²) in [6, 6.07) is 18.6. The van der Waals surface area contributed by atoms with E-state index in [9.17, 15) is 14.9 Å². The van der Waals surface area contributed by atoms with Gasteiger partial charge in [0, 0.05) is 6.04 Å². The predicted molar refractivity (Wildman–Crippen MR) is 118 cm³/mol. The van der Waals surface area contributed by atoms with Crippen LogP contribution in [0.4, 0.5) is 4.79 Å². The zero-order valence-corrected chi connectivity index (χ0v) is 18.6. The van der Waals surface area contributed by atoms with Crippen molar-refractivity contribution in [1.29, 1.82) is 5.26 Å². The second-order valence-electron chi connectivity index (χ2n) is 8.42. The quantitative estimate of drug-likeness (QED) is 0.637. The van der Waals surface area contributed by atoms with E-state index in [2.05, 4.69) is 11.4 Å². The third-order valence-electron chi connectivity index (χ3n) is 4.79. The van der Waals surface area contributed by atoms with Crippen molar-refractivity contribution in [3.05, 3.63) is 71.3 Å². The number of nitriles is 1. The summed E-state index contributed by atoms with van der Waals surface area (Å²) >= 11 is 0. The smallest absolute Gasteiger partial charge is 0.407 e. The van der Waals surface area contributed by atoms with Crippen molar-refractivity contribution in [2.75, 3.05) is 7.11 Å². The number of carbonyl (C=O) groups excluding carboxylic acids is 2. The van der Waals surface area contributed by atoms with Gasteiger partial charge in [0.15, 0.2) is 0 Å². The lowest BCUT2D eigenvalue weighted by Crippen LogP contribution is -2.46. The molecule has 0 aromatic heterocycles. The van der Waals surface area contributed by atoms with Crippen molar-refractivity contribution < 1.29 is 19.1 Å². The highest BCUT2D eigenvalue weighted by atomic mass is 16.6. The molecule has 6 heteroatoms. The molecule has 0 saturated carbocycles. The van der Waals surface area contributed by atoms with Crippen molar-refractivity contribution in [3.8, 4) is 6.07 Å². The number of carbonyl (C=O) groups is 2. The first kappa shape index (κ1) is 23.9. The summed E-state index contributed by atoms with van der Waals surface area (Å²) in [5.41, 5.74) is 1.79. The van der Waals surface area contributed by atoms with Crippen LogP contribution in [0.2, 0.25) is 0 Å². The van der Waals surface area contributed by atoms with Crippen LogP contribution in [-0.2, 0) is 27.1 Å². The minimum Gasteiger partial charge on any atom is -0.469 e. The van der Waals surface area contributed by atoms with Crippen molar-refractivity contribution >= 4 is 12.1 Å². The summed E-state index contributed by atoms with van der Waals surface area (Å²) in [4.78, 5) is 25.2. The number of hydrogen-bond donors (Lipinski definition) is 1. The third-order valence-corrected chi connectivity index (χ3v) is 4.79. The van der Waals surface area contributed by atoms with Crippen LogP contribution < -0.4 is 5.32 Å². The van der Waals surface area contributed by atoms with Gasteiger partial charge >= 0.3 is 12.1 Å². The average molecular weight is 423 g/mol. The Hall–Kier alpha value is -3.33. The Labute approximate surface area is 184 Å². The number of aryl methyl sites for hydroxylation is 1. The Morgan fingerprint density at radius 3 is 2.35 bits per heavy atom. The molecule has 164 valence electrons. The van der Waals surface area contributed by atoms with Gasteiger partial charge in [-0.2, -0.15) is 5.26 Å². The molecule has 0 aliphatic carbocycles. The fourth-order valence-corrected chi connectivity index (χ4v) is 3.36. The molecule has 2 aromatic rings. The topological polar surface area (TPSA) is 88.4 Å². The normalized spacial score (nSPS) is 12.9. The third kappa shape index (κ3) is 8.13. The fourth-order valence-electron chi connectivity index (χ4n) is 3.36. The molecule has 2 aromatic carbocycles. The number of ether oxygens (including phenoxy) is 2. The number of benzene rings is 2. The molecule has 0 saturated heterocycles. The van der Waals surface area contributed by atoms with Gasteiger partial charge in [0.1, 0.15) is 5.60 Å². The van der Waals surface area contributed by atoms with E-state index in [0.717, 1.165) is 11.1 Å². The molecular formula is C25H30N2O4. The summed E-state index contributed by atoms with van der Waals surface area (Å²) in [5.74, 6) is -1.05. The van der Waals surface area contributed by atoms with Gasteiger partial charge in [0.2, 0.25) is 0 Å². The molecule has 0 bridgehead atoms. The Kier molecular flexibility index (Phi) is 8.63. The van der Waals surface area contributed by atoms with Crippen LogP contribution in [0.5, 0.6) is 0 Å². The number of methoxy groups -OCH3 is 1. The number of nitrogens with zero attached hydrogens (tertiary/aromatic N) is 1. The number of alkyl carbamates (subject to hydrolysis) is 1. The zero-order chi connectivity index (χ0) is 22.9. The van der Waals surface area contributed by atoms with E-state index >= 15 is 0 Å². The molecule has 0 spiro atoms. The molecule has 0 fully saturated rings. The van der Waals surface area contributed by atoms with Crippen LogP contribution in [0, 0.1) is 17.2 Å². The minimum atomic E-state index is -0.657. The van der Waals surface area contributed by atoms with Gasteiger partial charge in [-0.05, 0) is 63.3 Å². The summed E-state index contributed by atoms with van der Waals surface area (Å²) in [6.07, 6.45) is 0.955. The molecule has 2 atom stereocenters. The SMILES string of the molecule is COC(=O)C(Cc1cccc(C#N)c1)C(CCc1ccccc1)NC(=O)OC(C)(C)C. The van der Waals surface area contributed by atoms with E-state index in [1.807, 2.05) is 36.4 Å². The largest absolute Gasteiger partial charge is 0.469 e. The highest BCUT2D eigenvalue weighted by molar-refractivity contribution is 5.75. The highest BCUT2D eigenvalue weighted by Crippen LogP contribution is 2.20. The van der Waals surface area contributed by atoms with Crippen LogP contribution in [0.25, 0.3) is 0 Å². The summed E-state index contributed by atoms with van der Waals surface area (Å²) in [5, 5.41) is 12.1. The first-order valence-corrected chi connectivity index (χ1v) is 10.3. The van der Waals surface area contributed by atoms with Crippen molar-refractivity contribution in [2.45, 2.75) is 51.7 Å². The lowest BCUT2D eigenvalue weighted by molar-refractivity contribution is -0.146. The maximum Gasteiger partial charge on any atom is 0.407 e. The summed E-state index contributed by atoms with van der Waals surface area (Å²) in [6.45, 7) is 5.37. The Bertz CT molecular complexity index is 913. The van der Waals surface area contributed by atoms with E-state index in [-0.39, 0.29) is 0 Å². The summed E-state index contributed by atoms with van der Waals surface area (Å²) in [7, 11) is 1.34. The van der Waals surface area contributed by atoms with E-state index in [1.54, 1.807) is 39.0 Å². The van der Waals surface area contributed by atoms with Crippen LogP contribution in [0.1, 0.15) is 43.9 Å². The number of hydrogen-bond acceptors (Lipinski definition) is 5. The standard InChI is InChI=1S/C25H30N2O4/c1-25(2,3)31-24(29)27-22(14-13-18-9-6-5-7-10-18)21(23(28)30-4)16-19-11-8-12-20(15-19)17-26/h5-12,15,21-22H,13-14,16H2,1-4H3,(H,27,29). The first-order chi connectivity index (χ1) is 14.7. The average Bonchev–Trinajstić information content (AvgIpc) is 2.74. The van der Waals surface area contributed by atoms with E-state index < -0.39 is 29.6 Å². The van der Waals surface area contributed by atoms with Crippen molar-refractivity contribution in [1.82, 2.24) is 5.32 Å². The molecular weight excluding hydrogens is 392 g/mol. The van der Waals surface area contributed by atoms with Gasteiger partial charge in [0.25, 0.3) is 0 Å². The van der Waals surface area contributed by atoms with E-state index in [4.69, 9.17) is 9.47 Å². The first-order valence-electron chi connectivity index (χ1n) is 10.3. The van der Waals surface area contributed by atoms with E-state index in [0.29, 0.717) is 24.8 Å². The summed E-state index contributed by atoms with van der Waals surface area (Å²) < 4.78 is 10.5. The monoisotopic (exact) mass is 422 g/mol. The van der Waals surface area contributed by atoms with Crippen molar-refractivity contribution in [3.63, 3.8) is 0 Å². The molecule has 0 heterocycles. The molecule has 1 N–H and O–H groups in total. The highest BCUT2D eigenvalue weighted by Gasteiger charge is 2.32. The number of nitrogens with one attached hydrogen (secondary N) is 1. The van der Waals surface area contributed by atoms with Crippen LogP contribution in [-0.4, -0.2) is 30.8 Å². The molecule has 0 aliphatic heterocycles. The van der Waals surface area contributed by atoms with Gasteiger partial charge in [-0.15, -0.1) is 0 Å². The molecule has 2 unspecified atom stereocenters. The predicted octanol–water partition coefficient (Wildman–Crippen LogP) is 4.42. The Balaban J connectivity index is 2.28. The molecule has 0 aliphatic rings. The van der Waals surface area contributed by atoms with E-state index in [1.165, 1.54) is 7.11 Å². The van der Waals surface area contributed by atoms with Crippen molar-refractivity contribution in [2.24, 2.45) is 5.92 Å². The molecule has 31 heavy (non-hydrogen) atoms. The lowest BCUT2D eigenvalue weighted by atomic mass is 9.88. The van der Waals surface area contributed by atoms with Gasteiger partial charge in [-0.25, -0.2) is 4.79 Å². The van der Waals surface area contributed by atoms with Crippen LogP contribution in [0.15, 0.2) is 54.6 Å². The second-order valence-corrected chi connectivity index (χ2v) is 8.42. The maximum absolute atomic E-state index is 12.7. The number of amides is 1. The van der Waals surface area contributed by atoms with Crippen LogP contribution in [0.3, 0.4) is 0 Å². The Morgan fingerprint density at radius 1 is 1.06 bits per heavy atom. The number of rotatable bonds is 8. The lowest BCUT2D eigenvalue weighted by Gasteiger charge is -2.28. The number of esters is 1. The van der Waals surface area contributed by atoms with Gasteiger partial charge in [-0.3, -0.25) is 4.79 Å². The van der Waals surface area contributed by atoms with Gasteiger partial charge < -0.3 is 14.8 Å². The second kappa shape index (κ2) is 11.2. The molecule has 2 rings (SSSR count). The fraction of sp³-hybridized carbons (Fsp3) is 0.400. The molecule has 0 radical (unpaired) electrons. The molecule has 1 amide bonds. The van der Waals surface area contributed by atoms with Crippen LogP contribution >= 0.6 is 0 Å². The van der Waals surface area contributed by atoms with Gasteiger partial charge in [-0.1, -0.05) is 42.5 Å². The van der Waals surface area contributed by atoms with Gasteiger partial charge in [0.05, 0.1) is 24.7 Å². The minimum absolute atomic E-state index is 0.331.